The highest BCUT2D eigenvalue weighted by Crippen LogP contribution is 2.18. The van der Waals surface area contributed by atoms with Gasteiger partial charge in [-0.3, -0.25) is 9.59 Å². The van der Waals surface area contributed by atoms with Crippen molar-refractivity contribution in [3.63, 3.8) is 0 Å². The van der Waals surface area contributed by atoms with Crippen LogP contribution in [0, 0.1) is 11.3 Å². The maximum atomic E-state index is 12.6. The minimum Gasteiger partial charge on any atom is -0.462 e. The summed E-state index contributed by atoms with van der Waals surface area (Å²) in [6.45, 7) is 3.68. The van der Waals surface area contributed by atoms with E-state index in [1.165, 1.54) is 13.1 Å². The number of carbonyl (C=O) groups is 3. The molecule has 2 rings (SSSR count). The number of hydrogen-bond donors (Lipinski definition) is 3. The number of hydrogen-bond acceptors (Lipinski definition) is 6. The largest absolute Gasteiger partial charge is 0.462 e. The van der Waals surface area contributed by atoms with Crippen LogP contribution in [0.2, 0.25) is 0 Å². The topological polar surface area (TPSA) is 120 Å². The fourth-order valence-corrected chi connectivity index (χ4v) is 2.54. The Morgan fingerprint density at radius 2 is 1.81 bits per heavy atom. The van der Waals surface area contributed by atoms with Crippen molar-refractivity contribution in [3.8, 4) is 6.07 Å². The number of benzene rings is 2. The molecule has 0 bridgehead atoms. The van der Waals surface area contributed by atoms with Gasteiger partial charge in [-0.1, -0.05) is 31.5 Å². The predicted molar refractivity (Wildman–Crippen MR) is 118 cm³/mol. The molecule has 2 amide bonds. The molecule has 0 saturated heterocycles. The van der Waals surface area contributed by atoms with Gasteiger partial charge in [0.25, 0.3) is 5.91 Å². The molecule has 8 nitrogen and oxygen atoms in total. The third kappa shape index (κ3) is 7.33. The van der Waals surface area contributed by atoms with Crippen molar-refractivity contribution in [1.29, 1.82) is 5.26 Å². The molecular weight excluding hydrogens is 396 g/mol. The van der Waals surface area contributed by atoms with Crippen LogP contribution in [-0.2, 0) is 14.3 Å². The molecule has 2 aromatic carbocycles. The molecule has 0 aliphatic carbocycles. The lowest BCUT2D eigenvalue weighted by atomic mass is 10.1. The van der Waals surface area contributed by atoms with Crippen LogP contribution in [0.5, 0.6) is 0 Å². The van der Waals surface area contributed by atoms with Gasteiger partial charge in [-0.2, -0.15) is 5.26 Å². The van der Waals surface area contributed by atoms with Crippen molar-refractivity contribution in [2.75, 3.05) is 22.6 Å². The lowest BCUT2D eigenvalue weighted by molar-refractivity contribution is -0.114. The first kappa shape index (κ1) is 23.2. The van der Waals surface area contributed by atoms with Crippen molar-refractivity contribution in [2.45, 2.75) is 26.7 Å². The van der Waals surface area contributed by atoms with Gasteiger partial charge in [0.15, 0.2) is 0 Å². The van der Waals surface area contributed by atoms with Gasteiger partial charge in [0.2, 0.25) is 5.91 Å². The molecule has 8 heteroatoms. The quantitative estimate of drug-likeness (QED) is 0.243. The molecule has 0 atom stereocenters. The van der Waals surface area contributed by atoms with Crippen molar-refractivity contribution in [1.82, 2.24) is 0 Å². The summed E-state index contributed by atoms with van der Waals surface area (Å²) in [5.74, 6) is -1.43. The number of amides is 2. The number of rotatable bonds is 9. The van der Waals surface area contributed by atoms with Crippen LogP contribution in [-0.4, -0.2) is 24.4 Å². The Hall–Kier alpha value is -4.12. The zero-order chi connectivity index (χ0) is 22.6. The lowest BCUT2D eigenvalue weighted by Crippen LogP contribution is -2.18. The fraction of sp³-hybridized carbons (Fsp3) is 0.217. The molecule has 0 aliphatic heterocycles. The first-order valence-corrected chi connectivity index (χ1v) is 9.76. The van der Waals surface area contributed by atoms with Crippen molar-refractivity contribution in [2.24, 2.45) is 0 Å². The van der Waals surface area contributed by atoms with E-state index in [2.05, 4.69) is 16.0 Å². The Kier molecular flexibility index (Phi) is 8.80. The summed E-state index contributed by atoms with van der Waals surface area (Å²) in [4.78, 5) is 36.0. The highest BCUT2D eigenvalue weighted by atomic mass is 16.5. The van der Waals surface area contributed by atoms with Crippen LogP contribution in [0.1, 0.15) is 37.0 Å². The average molecular weight is 420 g/mol. The van der Waals surface area contributed by atoms with Gasteiger partial charge in [0.1, 0.15) is 11.6 Å². The summed E-state index contributed by atoms with van der Waals surface area (Å²) in [5.41, 5.74) is 1.41. The normalized spacial score (nSPS) is 10.5. The number of unbranched alkanes of at least 4 members (excludes halogenated alkanes) is 1. The molecule has 160 valence electrons. The van der Waals surface area contributed by atoms with Gasteiger partial charge in [-0.05, 0) is 36.8 Å². The summed E-state index contributed by atoms with van der Waals surface area (Å²) < 4.78 is 5.21. The first-order valence-electron chi connectivity index (χ1n) is 9.76. The number of nitriles is 1. The van der Waals surface area contributed by atoms with Crippen LogP contribution in [0.3, 0.4) is 0 Å². The molecule has 3 N–H and O–H groups in total. The SMILES string of the molecule is CCCCOC(=O)c1ccccc1NC(=O)/C(C#N)=C\Nc1cccc(NC(C)=O)c1. The van der Waals surface area contributed by atoms with E-state index in [9.17, 15) is 19.6 Å². The molecule has 0 unspecified atom stereocenters. The van der Waals surface area contributed by atoms with E-state index < -0.39 is 11.9 Å². The fourth-order valence-electron chi connectivity index (χ4n) is 2.54. The Morgan fingerprint density at radius 1 is 1.06 bits per heavy atom. The predicted octanol–water partition coefficient (Wildman–Crippen LogP) is 4.06. The molecule has 0 aromatic heterocycles. The third-order valence-corrected chi connectivity index (χ3v) is 4.06. The molecule has 0 aliphatic rings. The van der Waals surface area contributed by atoms with E-state index in [1.54, 1.807) is 48.5 Å². The summed E-state index contributed by atoms with van der Waals surface area (Å²) >= 11 is 0. The zero-order valence-corrected chi connectivity index (χ0v) is 17.4. The molecule has 0 fully saturated rings. The van der Waals surface area contributed by atoms with Crippen LogP contribution in [0.4, 0.5) is 17.1 Å². The second-order valence-corrected chi connectivity index (χ2v) is 6.57. The highest BCUT2D eigenvalue weighted by Gasteiger charge is 2.16. The van der Waals surface area contributed by atoms with Gasteiger partial charge in [-0.15, -0.1) is 0 Å². The number of esters is 1. The minimum absolute atomic E-state index is 0.195. The van der Waals surface area contributed by atoms with Gasteiger partial charge in [0, 0.05) is 24.5 Å². The standard InChI is InChI=1S/C23H24N4O4/c1-3-4-12-31-23(30)20-10-5-6-11-21(20)27-22(29)17(14-24)15-25-18-8-7-9-19(13-18)26-16(2)28/h5-11,13,15,25H,3-4,12H2,1-2H3,(H,26,28)(H,27,29)/b17-15-. The summed E-state index contributed by atoms with van der Waals surface area (Å²) in [6, 6.07) is 15.1. The lowest BCUT2D eigenvalue weighted by Gasteiger charge is -2.11. The number of nitrogens with one attached hydrogen (secondary N) is 3. The maximum Gasteiger partial charge on any atom is 0.340 e. The Morgan fingerprint density at radius 3 is 2.52 bits per heavy atom. The molecule has 31 heavy (non-hydrogen) atoms. The van der Waals surface area contributed by atoms with Crippen LogP contribution >= 0.6 is 0 Å². The Bertz CT molecular complexity index is 1020. The first-order chi connectivity index (χ1) is 14.9. The van der Waals surface area contributed by atoms with E-state index in [0.29, 0.717) is 18.0 Å². The smallest absolute Gasteiger partial charge is 0.340 e. The molecule has 0 spiro atoms. The highest BCUT2D eigenvalue weighted by molar-refractivity contribution is 6.09. The number of anilines is 3. The maximum absolute atomic E-state index is 12.6. The minimum atomic E-state index is -0.679. The zero-order valence-electron chi connectivity index (χ0n) is 17.4. The third-order valence-electron chi connectivity index (χ3n) is 4.06. The second-order valence-electron chi connectivity index (χ2n) is 6.57. The summed E-state index contributed by atoms with van der Waals surface area (Å²) in [7, 11) is 0. The Balaban J connectivity index is 2.11. The van der Waals surface area contributed by atoms with Gasteiger partial charge in [-0.25, -0.2) is 4.79 Å². The van der Waals surface area contributed by atoms with Crippen LogP contribution < -0.4 is 16.0 Å². The second kappa shape index (κ2) is 11.8. The van der Waals surface area contributed by atoms with E-state index >= 15 is 0 Å². The van der Waals surface area contributed by atoms with E-state index in [0.717, 1.165) is 12.8 Å². The van der Waals surface area contributed by atoms with Gasteiger partial charge in [0.05, 0.1) is 17.9 Å². The molecule has 0 saturated carbocycles. The number of para-hydroxylation sites is 1. The van der Waals surface area contributed by atoms with Crippen molar-refractivity contribution in [3.05, 3.63) is 65.9 Å². The molecule has 0 heterocycles. The molecular formula is C23H24N4O4. The van der Waals surface area contributed by atoms with E-state index in [-0.39, 0.29) is 22.7 Å². The number of carbonyl (C=O) groups excluding carboxylic acids is 3. The average Bonchev–Trinajstić information content (AvgIpc) is 2.74. The van der Waals surface area contributed by atoms with Crippen LogP contribution in [0.15, 0.2) is 60.3 Å². The Labute approximate surface area is 180 Å². The van der Waals surface area contributed by atoms with E-state index in [1.807, 2.05) is 13.0 Å². The molecule has 2 aromatic rings. The van der Waals surface area contributed by atoms with Crippen molar-refractivity contribution >= 4 is 34.8 Å². The molecule has 0 radical (unpaired) electrons. The van der Waals surface area contributed by atoms with E-state index in [4.69, 9.17) is 4.74 Å². The number of ether oxygens (including phenoxy) is 1. The summed E-state index contributed by atoms with van der Waals surface area (Å²) in [6.07, 6.45) is 2.89. The van der Waals surface area contributed by atoms with Crippen LogP contribution in [0.25, 0.3) is 0 Å². The van der Waals surface area contributed by atoms with Gasteiger partial charge < -0.3 is 20.7 Å². The van der Waals surface area contributed by atoms with Crippen molar-refractivity contribution < 1.29 is 19.1 Å². The number of nitrogens with zero attached hydrogens (tertiary/aromatic N) is 1. The van der Waals surface area contributed by atoms with Gasteiger partial charge >= 0.3 is 5.97 Å². The summed E-state index contributed by atoms with van der Waals surface area (Å²) in [5, 5.41) is 17.5. The monoisotopic (exact) mass is 420 g/mol.